The molecule has 0 aromatic carbocycles. The first-order valence-corrected chi connectivity index (χ1v) is 7.29. The quantitative estimate of drug-likeness (QED) is 0.637. The van der Waals surface area contributed by atoms with Crippen LogP contribution in [0.5, 0.6) is 0 Å². The van der Waals surface area contributed by atoms with Crippen LogP contribution in [0.1, 0.15) is 44.3 Å². The highest BCUT2D eigenvalue weighted by atomic mass is 32.1. The average molecular weight is 268 g/mol. The van der Waals surface area contributed by atoms with Crippen LogP contribution in [0.2, 0.25) is 0 Å². The highest BCUT2D eigenvalue weighted by molar-refractivity contribution is 7.09. The normalized spacial score (nSPS) is 12.3. The molecule has 4 nitrogen and oxygen atoms in total. The van der Waals surface area contributed by atoms with E-state index < -0.39 is 0 Å². The maximum atomic E-state index is 4.58. The Morgan fingerprint density at radius 2 is 2.06 bits per heavy atom. The lowest BCUT2D eigenvalue weighted by molar-refractivity contribution is 0.614. The van der Waals surface area contributed by atoms with Gasteiger partial charge in [0.25, 0.3) is 0 Å². The van der Waals surface area contributed by atoms with E-state index in [9.17, 15) is 0 Å². The Kier molecular flexibility index (Phi) is 6.12. The Morgan fingerprint density at radius 1 is 1.33 bits per heavy atom. The molecule has 0 saturated carbocycles. The van der Waals surface area contributed by atoms with Crippen molar-refractivity contribution in [3.05, 3.63) is 16.1 Å². The molecule has 0 fully saturated rings. The van der Waals surface area contributed by atoms with E-state index in [1.165, 1.54) is 5.01 Å². The van der Waals surface area contributed by atoms with E-state index in [0.29, 0.717) is 11.8 Å². The number of nitrogens with zero attached hydrogens (tertiary/aromatic N) is 2. The van der Waals surface area contributed by atoms with Gasteiger partial charge in [0.15, 0.2) is 5.96 Å². The molecule has 1 rings (SSSR count). The number of nitrogens with one attached hydrogen (secondary N) is 2. The lowest BCUT2D eigenvalue weighted by Gasteiger charge is -2.12. The second-order valence-corrected chi connectivity index (χ2v) is 5.92. The highest BCUT2D eigenvalue weighted by Gasteiger charge is 2.06. The fourth-order valence-electron chi connectivity index (χ4n) is 1.36. The zero-order chi connectivity index (χ0) is 13.5. The second kappa shape index (κ2) is 7.36. The summed E-state index contributed by atoms with van der Waals surface area (Å²) in [5.74, 6) is 1.94. The first kappa shape index (κ1) is 15.0. The van der Waals surface area contributed by atoms with Crippen molar-refractivity contribution in [2.75, 3.05) is 13.6 Å². The fraction of sp³-hybridized carbons (Fsp3) is 0.692. The largest absolute Gasteiger partial charge is 0.356 e. The predicted octanol–water partition coefficient (Wildman–Crippen LogP) is 2.59. The van der Waals surface area contributed by atoms with Crippen molar-refractivity contribution in [1.82, 2.24) is 15.6 Å². The zero-order valence-electron chi connectivity index (χ0n) is 11.9. The molecular weight excluding hydrogens is 244 g/mol. The van der Waals surface area contributed by atoms with Crippen molar-refractivity contribution in [3.63, 3.8) is 0 Å². The van der Waals surface area contributed by atoms with E-state index in [0.717, 1.165) is 24.7 Å². The van der Waals surface area contributed by atoms with Gasteiger partial charge in [0.05, 0.1) is 17.2 Å². The van der Waals surface area contributed by atoms with Crippen molar-refractivity contribution in [2.45, 2.75) is 40.2 Å². The standard InChI is InChI=1S/C13H24N4S/c1-9(2)6-15-13(14-5)16-7-11-8-18-12(17-11)10(3)4/h8-10H,6-7H2,1-5H3,(H2,14,15,16). The predicted molar refractivity (Wildman–Crippen MR) is 79.2 cm³/mol. The summed E-state index contributed by atoms with van der Waals surface area (Å²) in [5.41, 5.74) is 1.08. The molecule has 0 aliphatic carbocycles. The minimum atomic E-state index is 0.502. The number of aromatic nitrogens is 1. The molecule has 2 N–H and O–H groups in total. The van der Waals surface area contributed by atoms with Crippen LogP contribution >= 0.6 is 11.3 Å². The van der Waals surface area contributed by atoms with Crippen molar-refractivity contribution >= 4 is 17.3 Å². The first-order valence-electron chi connectivity index (χ1n) is 6.41. The van der Waals surface area contributed by atoms with Gasteiger partial charge in [-0.25, -0.2) is 4.98 Å². The van der Waals surface area contributed by atoms with Crippen LogP contribution < -0.4 is 10.6 Å². The van der Waals surface area contributed by atoms with Crippen molar-refractivity contribution in [2.24, 2.45) is 10.9 Å². The SMILES string of the molecule is CN=C(NCc1csc(C(C)C)n1)NCC(C)C. The molecular formula is C13H24N4S. The van der Waals surface area contributed by atoms with Gasteiger partial charge in [0, 0.05) is 24.9 Å². The number of hydrogen-bond acceptors (Lipinski definition) is 3. The number of thiazole rings is 1. The molecule has 18 heavy (non-hydrogen) atoms. The lowest BCUT2D eigenvalue weighted by Crippen LogP contribution is -2.38. The van der Waals surface area contributed by atoms with Crippen LogP contribution in [0, 0.1) is 5.92 Å². The van der Waals surface area contributed by atoms with Crippen LogP contribution in [0.4, 0.5) is 0 Å². The summed E-state index contributed by atoms with van der Waals surface area (Å²) < 4.78 is 0. The summed E-state index contributed by atoms with van der Waals surface area (Å²) in [6.07, 6.45) is 0. The monoisotopic (exact) mass is 268 g/mol. The van der Waals surface area contributed by atoms with Crippen LogP contribution in [-0.2, 0) is 6.54 Å². The van der Waals surface area contributed by atoms with Gasteiger partial charge in [-0.1, -0.05) is 27.7 Å². The summed E-state index contributed by atoms with van der Waals surface area (Å²) in [6.45, 7) is 10.3. The fourth-order valence-corrected chi connectivity index (χ4v) is 2.20. The minimum absolute atomic E-state index is 0.502. The Bertz CT molecular complexity index is 382. The van der Waals surface area contributed by atoms with E-state index >= 15 is 0 Å². The molecule has 0 radical (unpaired) electrons. The first-order chi connectivity index (χ1) is 8.52. The molecule has 0 aliphatic heterocycles. The van der Waals surface area contributed by atoms with Gasteiger partial charge in [-0.2, -0.15) is 0 Å². The molecule has 5 heteroatoms. The van der Waals surface area contributed by atoms with Crippen LogP contribution in [0.15, 0.2) is 10.4 Å². The zero-order valence-corrected chi connectivity index (χ0v) is 12.8. The third kappa shape index (κ3) is 5.04. The molecule has 0 spiro atoms. The average Bonchev–Trinajstić information content (AvgIpc) is 2.78. The Morgan fingerprint density at radius 3 is 2.56 bits per heavy atom. The second-order valence-electron chi connectivity index (χ2n) is 5.03. The van der Waals surface area contributed by atoms with Crippen molar-refractivity contribution in [3.8, 4) is 0 Å². The third-order valence-corrected chi connectivity index (χ3v) is 3.60. The maximum absolute atomic E-state index is 4.58. The van der Waals surface area contributed by atoms with E-state index in [-0.39, 0.29) is 0 Å². The highest BCUT2D eigenvalue weighted by Crippen LogP contribution is 2.18. The summed E-state index contributed by atoms with van der Waals surface area (Å²) in [7, 11) is 1.79. The molecule has 1 aromatic heterocycles. The molecule has 0 unspecified atom stereocenters. The molecule has 0 atom stereocenters. The topological polar surface area (TPSA) is 49.3 Å². The Hall–Kier alpha value is -1.10. The minimum Gasteiger partial charge on any atom is -0.356 e. The number of hydrogen-bond donors (Lipinski definition) is 2. The van der Waals surface area contributed by atoms with Crippen LogP contribution in [0.25, 0.3) is 0 Å². The summed E-state index contributed by atoms with van der Waals surface area (Å²) in [6, 6.07) is 0. The van der Waals surface area contributed by atoms with Gasteiger partial charge >= 0.3 is 0 Å². The maximum Gasteiger partial charge on any atom is 0.191 e. The van der Waals surface area contributed by atoms with E-state index in [4.69, 9.17) is 0 Å². The van der Waals surface area contributed by atoms with Gasteiger partial charge in [-0.05, 0) is 5.92 Å². The molecule has 0 bridgehead atoms. The van der Waals surface area contributed by atoms with E-state index in [2.05, 4.69) is 53.7 Å². The molecule has 0 aliphatic rings. The Labute approximate surface area is 114 Å². The molecule has 1 heterocycles. The Balaban J connectivity index is 2.42. The van der Waals surface area contributed by atoms with Gasteiger partial charge in [-0.15, -0.1) is 11.3 Å². The number of aliphatic imine (C=N–C) groups is 1. The van der Waals surface area contributed by atoms with Gasteiger partial charge in [0.2, 0.25) is 0 Å². The summed E-state index contributed by atoms with van der Waals surface area (Å²) in [4.78, 5) is 8.77. The lowest BCUT2D eigenvalue weighted by atomic mass is 10.2. The molecule has 1 aromatic rings. The van der Waals surface area contributed by atoms with Gasteiger partial charge in [-0.3, -0.25) is 4.99 Å². The number of guanidine groups is 1. The third-order valence-electron chi connectivity index (χ3n) is 2.40. The summed E-state index contributed by atoms with van der Waals surface area (Å²) in [5, 5.41) is 9.86. The van der Waals surface area contributed by atoms with E-state index in [1.54, 1.807) is 18.4 Å². The smallest absolute Gasteiger partial charge is 0.191 e. The molecule has 0 amide bonds. The molecule has 102 valence electrons. The summed E-state index contributed by atoms with van der Waals surface area (Å²) >= 11 is 1.72. The van der Waals surface area contributed by atoms with E-state index in [1.807, 2.05) is 0 Å². The number of rotatable bonds is 5. The van der Waals surface area contributed by atoms with Crippen molar-refractivity contribution in [1.29, 1.82) is 0 Å². The van der Waals surface area contributed by atoms with Gasteiger partial charge < -0.3 is 10.6 Å². The van der Waals surface area contributed by atoms with Crippen LogP contribution in [0.3, 0.4) is 0 Å². The van der Waals surface area contributed by atoms with Gasteiger partial charge in [0.1, 0.15) is 0 Å². The molecule has 0 saturated heterocycles. The van der Waals surface area contributed by atoms with Crippen LogP contribution in [-0.4, -0.2) is 24.5 Å². The van der Waals surface area contributed by atoms with Crippen molar-refractivity contribution < 1.29 is 0 Å².